The van der Waals surface area contributed by atoms with Crippen molar-refractivity contribution in [1.29, 1.82) is 0 Å². The summed E-state index contributed by atoms with van der Waals surface area (Å²) in [6.45, 7) is 7.83. The number of hydrogen-bond donors (Lipinski definition) is 2. The first-order valence-electron chi connectivity index (χ1n) is 6.17. The van der Waals surface area contributed by atoms with Crippen LogP contribution in [0.1, 0.15) is 20.3 Å². The number of dihydropyridines is 1. The number of fused-ring (bicyclic) bond motifs is 1. The van der Waals surface area contributed by atoms with Gasteiger partial charge < -0.3 is 10.6 Å². The van der Waals surface area contributed by atoms with Crippen LogP contribution in [0.2, 0.25) is 0 Å². The lowest BCUT2D eigenvalue weighted by Crippen LogP contribution is -2.29. The lowest BCUT2D eigenvalue weighted by atomic mass is 10.0. The standard InChI is InChI=1S/C13H20N4/c1-10-12-3-4-17-13(9-12)11(2)16-8-6-14-5-7-15-10/h4,9,14,16H,3,5-8H2,1-2H3/b13-11+,15-10-. The zero-order valence-corrected chi connectivity index (χ0v) is 10.6. The molecule has 2 bridgehead atoms. The summed E-state index contributed by atoms with van der Waals surface area (Å²) in [5.74, 6) is 0. The van der Waals surface area contributed by atoms with Crippen molar-refractivity contribution in [3.05, 3.63) is 23.0 Å². The average molecular weight is 232 g/mol. The Balaban J connectivity index is 2.27. The van der Waals surface area contributed by atoms with Gasteiger partial charge in [-0.3, -0.25) is 9.98 Å². The topological polar surface area (TPSA) is 48.8 Å². The predicted molar refractivity (Wildman–Crippen MR) is 72.7 cm³/mol. The zero-order chi connectivity index (χ0) is 12.1. The van der Waals surface area contributed by atoms with Crippen molar-refractivity contribution in [2.75, 3.05) is 26.2 Å². The molecule has 0 atom stereocenters. The number of allylic oxidation sites excluding steroid dienone is 3. The Morgan fingerprint density at radius 2 is 2.06 bits per heavy atom. The van der Waals surface area contributed by atoms with Gasteiger partial charge in [0.15, 0.2) is 0 Å². The second kappa shape index (κ2) is 5.77. The van der Waals surface area contributed by atoms with Crippen LogP contribution in [0.15, 0.2) is 33.0 Å². The molecule has 4 nitrogen and oxygen atoms in total. The van der Waals surface area contributed by atoms with E-state index in [0.717, 1.165) is 49.7 Å². The van der Waals surface area contributed by atoms with Gasteiger partial charge in [-0.15, -0.1) is 0 Å². The molecule has 4 heteroatoms. The second-order valence-corrected chi connectivity index (χ2v) is 4.34. The van der Waals surface area contributed by atoms with Gasteiger partial charge in [-0.2, -0.15) is 0 Å². The van der Waals surface area contributed by atoms with E-state index in [4.69, 9.17) is 0 Å². The number of nitrogens with one attached hydrogen (secondary N) is 2. The Kier molecular flexibility index (Phi) is 4.09. The molecule has 0 amide bonds. The van der Waals surface area contributed by atoms with E-state index in [-0.39, 0.29) is 0 Å². The molecule has 0 aliphatic carbocycles. The van der Waals surface area contributed by atoms with E-state index in [9.17, 15) is 0 Å². The summed E-state index contributed by atoms with van der Waals surface area (Å²) in [6, 6.07) is 0. The van der Waals surface area contributed by atoms with Crippen LogP contribution in [-0.2, 0) is 0 Å². The number of aliphatic imine (C=N–C) groups is 2. The van der Waals surface area contributed by atoms with Gasteiger partial charge in [-0.1, -0.05) is 0 Å². The van der Waals surface area contributed by atoms with Gasteiger partial charge in [-0.05, 0) is 25.5 Å². The fraction of sp³-hybridized carbons (Fsp3) is 0.538. The molecule has 0 aromatic rings. The molecule has 2 rings (SSSR count). The number of nitrogens with zero attached hydrogens (tertiary/aromatic N) is 2. The number of rotatable bonds is 0. The van der Waals surface area contributed by atoms with Crippen LogP contribution in [0.3, 0.4) is 0 Å². The fourth-order valence-corrected chi connectivity index (χ4v) is 1.92. The lowest BCUT2D eigenvalue weighted by Gasteiger charge is -2.15. The van der Waals surface area contributed by atoms with Gasteiger partial charge in [0.1, 0.15) is 0 Å². The maximum atomic E-state index is 4.58. The summed E-state index contributed by atoms with van der Waals surface area (Å²) < 4.78 is 0. The van der Waals surface area contributed by atoms with Crippen molar-refractivity contribution < 1.29 is 0 Å². The summed E-state index contributed by atoms with van der Waals surface area (Å²) in [7, 11) is 0. The van der Waals surface area contributed by atoms with E-state index in [0.29, 0.717) is 0 Å². The zero-order valence-electron chi connectivity index (χ0n) is 10.6. The first kappa shape index (κ1) is 12.0. The Morgan fingerprint density at radius 1 is 1.18 bits per heavy atom. The van der Waals surface area contributed by atoms with E-state index in [1.165, 1.54) is 5.57 Å². The van der Waals surface area contributed by atoms with Crippen molar-refractivity contribution in [1.82, 2.24) is 10.6 Å². The van der Waals surface area contributed by atoms with E-state index >= 15 is 0 Å². The highest BCUT2D eigenvalue weighted by atomic mass is 15.0. The van der Waals surface area contributed by atoms with Gasteiger partial charge in [0.05, 0.1) is 12.2 Å². The normalized spacial score (nSPS) is 29.3. The molecule has 0 radical (unpaired) electrons. The molecular formula is C13H20N4. The molecule has 17 heavy (non-hydrogen) atoms. The maximum absolute atomic E-state index is 4.58. The van der Waals surface area contributed by atoms with E-state index in [1.54, 1.807) is 0 Å². The van der Waals surface area contributed by atoms with Gasteiger partial charge >= 0.3 is 0 Å². The third-order valence-corrected chi connectivity index (χ3v) is 3.03. The smallest absolute Gasteiger partial charge is 0.0815 e. The molecule has 2 heterocycles. The summed E-state index contributed by atoms with van der Waals surface area (Å²) in [5, 5.41) is 6.75. The minimum atomic E-state index is 0.846. The van der Waals surface area contributed by atoms with Crippen molar-refractivity contribution in [3.63, 3.8) is 0 Å². The van der Waals surface area contributed by atoms with Crippen molar-refractivity contribution in [2.45, 2.75) is 20.3 Å². The fourth-order valence-electron chi connectivity index (χ4n) is 1.92. The first-order chi connectivity index (χ1) is 8.27. The quantitative estimate of drug-likeness (QED) is 0.661. The van der Waals surface area contributed by atoms with Gasteiger partial charge in [0, 0.05) is 43.7 Å². The molecule has 0 fully saturated rings. The average Bonchev–Trinajstić information content (AvgIpc) is 2.36. The second-order valence-electron chi connectivity index (χ2n) is 4.34. The Morgan fingerprint density at radius 3 is 2.94 bits per heavy atom. The van der Waals surface area contributed by atoms with Gasteiger partial charge in [0.2, 0.25) is 0 Å². The van der Waals surface area contributed by atoms with Crippen LogP contribution in [0.4, 0.5) is 0 Å². The summed E-state index contributed by atoms with van der Waals surface area (Å²) >= 11 is 0. The molecule has 0 aromatic heterocycles. The molecule has 0 unspecified atom stereocenters. The summed E-state index contributed by atoms with van der Waals surface area (Å²) in [6.07, 6.45) is 5.01. The molecule has 0 aromatic carbocycles. The third kappa shape index (κ3) is 3.27. The first-order valence-corrected chi connectivity index (χ1v) is 6.17. The number of hydrogen-bond acceptors (Lipinski definition) is 4. The van der Waals surface area contributed by atoms with Crippen molar-refractivity contribution in [3.8, 4) is 0 Å². The Bertz CT molecular complexity index is 402. The molecule has 92 valence electrons. The van der Waals surface area contributed by atoms with E-state index < -0.39 is 0 Å². The van der Waals surface area contributed by atoms with Crippen molar-refractivity contribution in [2.24, 2.45) is 9.98 Å². The molecule has 0 saturated carbocycles. The highest BCUT2D eigenvalue weighted by Gasteiger charge is 2.09. The Hall–Kier alpha value is -1.42. The molecule has 2 aliphatic heterocycles. The molecule has 0 spiro atoms. The minimum absolute atomic E-state index is 0.846. The van der Waals surface area contributed by atoms with Gasteiger partial charge in [0.25, 0.3) is 0 Å². The van der Waals surface area contributed by atoms with Crippen LogP contribution < -0.4 is 10.6 Å². The lowest BCUT2D eigenvalue weighted by molar-refractivity contribution is 0.652. The van der Waals surface area contributed by atoms with Crippen LogP contribution in [0.5, 0.6) is 0 Å². The Labute approximate surface area is 103 Å². The summed E-state index contributed by atoms with van der Waals surface area (Å²) in [5.41, 5.74) is 4.57. The van der Waals surface area contributed by atoms with Crippen LogP contribution >= 0.6 is 0 Å². The third-order valence-electron chi connectivity index (χ3n) is 3.03. The highest BCUT2D eigenvalue weighted by Crippen LogP contribution is 2.16. The van der Waals surface area contributed by atoms with E-state index in [2.05, 4.69) is 40.5 Å². The monoisotopic (exact) mass is 232 g/mol. The molecule has 2 N–H and O–H groups in total. The maximum Gasteiger partial charge on any atom is 0.0815 e. The predicted octanol–water partition coefficient (Wildman–Crippen LogP) is 1.27. The summed E-state index contributed by atoms with van der Waals surface area (Å²) in [4.78, 5) is 9.02. The van der Waals surface area contributed by atoms with Crippen LogP contribution in [0.25, 0.3) is 0 Å². The molecular weight excluding hydrogens is 212 g/mol. The molecule has 0 saturated heterocycles. The minimum Gasteiger partial charge on any atom is -0.386 e. The largest absolute Gasteiger partial charge is 0.386 e. The SMILES string of the molecule is C/C1=N/CCNCCN/C(C)=C2C=C1CC=N\2. The van der Waals surface area contributed by atoms with Crippen LogP contribution in [0, 0.1) is 0 Å². The van der Waals surface area contributed by atoms with Crippen molar-refractivity contribution >= 4 is 11.9 Å². The van der Waals surface area contributed by atoms with Gasteiger partial charge in [-0.25, -0.2) is 0 Å². The highest BCUT2D eigenvalue weighted by molar-refractivity contribution is 6.01. The van der Waals surface area contributed by atoms with Crippen LogP contribution in [-0.4, -0.2) is 38.1 Å². The molecule has 2 aliphatic rings. The van der Waals surface area contributed by atoms with E-state index in [1.807, 2.05) is 6.21 Å².